The summed E-state index contributed by atoms with van der Waals surface area (Å²) < 4.78 is 43.4. The van der Waals surface area contributed by atoms with E-state index in [1.165, 1.54) is 24.5 Å². The second-order valence-electron chi connectivity index (χ2n) is 6.51. The SMILES string of the molecule is COC(=O)c1sccc1NC(=O)CN1CCN(c2cccc(C(F)(F)F)c2)CC1. The minimum Gasteiger partial charge on any atom is -0.465 e. The summed E-state index contributed by atoms with van der Waals surface area (Å²) in [7, 11) is 1.28. The molecule has 0 radical (unpaired) electrons. The van der Waals surface area contributed by atoms with Crippen molar-refractivity contribution in [2.45, 2.75) is 6.18 Å². The van der Waals surface area contributed by atoms with Gasteiger partial charge in [0.15, 0.2) is 0 Å². The van der Waals surface area contributed by atoms with Gasteiger partial charge in [0.1, 0.15) is 4.88 Å². The first-order valence-electron chi connectivity index (χ1n) is 8.88. The first kappa shape index (κ1) is 21.1. The Balaban J connectivity index is 1.53. The molecule has 1 fully saturated rings. The molecule has 0 aliphatic carbocycles. The topological polar surface area (TPSA) is 61.9 Å². The number of halogens is 3. The summed E-state index contributed by atoms with van der Waals surface area (Å²) in [6, 6.07) is 6.89. The van der Waals surface area contributed by atoms with Gasteiger partial charge in [0, 0.05) is 31.9 Å². The molecule has 2 heterocycles. The van der Waals surface area contributed by atoms with E-state index < -0.39 is 17.7 Å². The van der Waals surface area contributed by atoms with Crippen LogP contribution < -0.4 is 10.2 Å². The lowest BCUT2D eigenvalue weighted by molar-refractivity contribution is -0.137. The van der Waals surface area contributed by atoms with Crippen LogP contribution in [0.5, 0.6) is 0 Å². The van der Waals surface area contributed by atoms with Crippen LogP contribution in [0.25, 0.3) is 0 Å². The Bertz CT molecular complexity index is 877. The fourth-order valence-electron chi connectivity index (χ4n) is 3.09. The van der Waals surface area contributed by atoms with Crippen LogP contribution in [0.15, 0.2) is 35.7 Å². The number of carbonyl (C=O) groups is 2. The Morgan fingerprint density at radius 3 is 2.55 bits per heavy atom. The van der Waals surface area contributed by atoms with Crippen LogP contribution >= 0.6 is 11.3 Å². The van der Waals surface area contributed by atoms with Crippen LogP contribution in [0, 0.1) is 0 Å². The molecule has 1 aliphatic rings. The van der Waals surface area contributed by atoms with Gasteiger partial charge in [0.2, 0.25) is 5.91 Å². The number of ether oxygens (including phenoxy) is 1. The smallest absolute Gasteiger partial charge is 0.416 e. The molecular formula is C19H20F3N3O3S. The zero-order valence-electron chi connectivity index (χ0n) is 15.7. The van der Waals surface area contributed by atoms with Crippen molar-refractivity contribution in [2.24, 2.45) is 0 Å². The molecule has 0 atom stereocenters. The molecule has 10 heteroatoms. The number of amides is 1. The molecule has 0 unspecified atom stereocenters. The zero-order valence-corrected chi connectivity index (χ0v) is 16.5. The van der Waals surface area contributed by atoms with Gasteiger partial charge >= 0.3 is 12.1 Å². The maximum atomic E-state index is 12.9. The van der Waals surface area contributed by atoms with E-state index in [1.54, 1.807) is 17.5 Å². The van der Waals surface area contributed by atoms with Gasteiger partial charge < -0.3 is 15.0 Å². The fourth-order valence-corrected chi connectivity index (χ4v) is 3.86. The molecular weight excluding hydrogens is 407 g/mol. The molecule has 0 saturated carbocycles. The van der Waals surface area contributed by atoms with Crippen LogP contribution in [0.1, 0.15) is 15.2 Å². The Hall–Kier alpha value is -2.59. The van der Waals surface area contributed by atoms with Crippen molar-refractivity contribution in [2.75, 3.05) is 50.1 Å². The third kappa shape index (κ3) is 5.27. The minimum atomic E-state index is -4.37. The van der Waals surface area contributed by atoms with E-state index in [2.05, 4.69) is 10.1 Å². The van der Waals surface area contributed by atoms with E-state index >= 15 is 0 Å². The maximum Gasteiger partial charge on any atom is 0.416 e. The van der Waals surface area contributed by atoms with E-state index in [4.69, 9.17) is 0 Å². The number of alkyl halides is 3. The molecule has 156 valence electrons. The number of methoxy groups -OCH3 is 1. The zero-order chi connectivity index (χ0) is 21.0. The average molecular weight is 427 g/mol. The van der Waals surface area contributed by atoms with E-state index in [0.717, 1.165) is 12.1 Å². The number of nitrogens with one attached hydrogen (secondary N) is 1. The molecule has 2 aromatic rings. The Labute approximate surface area is 169 Å². The monoisotopic (exact) mass is 427 g/mol. The van der Waals surface area contributed by atoms with Gasteiger partial charge in [-0.25, -0.2) is 4.79 Å². The molecule has 0 spiro atoms. The molecule has 1 amide bonds. The molecule has 6 nitrogen and oxygen atoms in total. The summed E-state index contributed by atoms with van der Waals surface area (Å²) in [4.78, 5) is 28.1. The van der Waals surface area contributed by atoms with E-state index in [1.807, 2.05) is 9.80 Å². The van der Waals surface area contributed by atoms with Crippen molar-refractivity contribution in [3.05, 3.63) is 46.2 Å². The third-order valence-electron chi connectivity index (χ3n) is 4.59. The number of carbonyl (C=O) groups excluding carboxylic acids is 2. The molecule has 1 aromatic heterocycles. The van der Waals surface area contributed by atoms with E-state index in [9.17, 15) is 22.8 Å². The van der Waals surface area contributed by atoms with Gasteiger partial charge in [-0.3, -0.25) is 9.69 Å². The van der Waals surface area contributed by atoms with Crippen molar-refractivity contribution >= 4 is 34.6 Å². The lowest BCUT2D eigenvalue weighted by Crippen LogP contribution is -2.48. The number of esters is 1. The Kier molecular flexibility index (Phi) is 6.43. The number of hydrogen-bond donors (Lipinski definition) is 1. The molecule has 29 heavy (non-hydrogen) atoms. The number of piperazine rings is 1. The fraction of sp³-hybridized carbons (Fsp3) is 0.368. The summed E-state index contributed by atoms with van der Waals surface area (Å²) in [5.41, 5.74) is 0.258. The average Bonchev–Trinajstić information content (AvgIpc) is 3.15. The van der Waals surface area contributed by atoms with Gasteiger partial charge in [-0.1, -0.05) is 6.07 Å². The second kappa shape index (κ2) is 8.83. The van der Waals surface area contributed by atoms with Crippen LogP contribution in [-0.4, -0.2) is 56.6 Å². The Morgan fingerprint density at radius 2 is 1.90 bits per heavy atom. The third-order valence-corrected chi connectivity index (χ3v) is 5.48. The van der Waals surface area contributed by atoms with Gasteiger partial charge in [0.05, 0.1) is 24.9 Å². The summed E-state index contributed by atoms with van der Waals surface area (Å²) in [6.45, 7) is 2.24. The molecule has 3 rings (SSSR count). The number of anilines is 2. The number of rotatable bonds is 5. The van der Waals surface area contributed by atoms with Crippen LogP contribution in [0.4, 0.5) is 24.5 Å². The summed E-state index contributed by atoms with van der Waals surface area (Å²) >= 11 is 1.18. The van der Waals surface area contributed by atoms with Crippen molar-refractivity contribution in [1.82, 2.24) is 4.90 Å². The summed E-state index contributed by atoms with van der Waals surface area (Å²) in [6.07, 6.45) is -4.37. The van der Waals surface area contributed by atoms with Crippen molar-refractivity contribution in [3.8, 4) is 0 Å². The first-order chi connectivity index (χ1) is 13.8. The molecule has 1 aromatic carbocycles. The quantitative estimate of drug-likeness (QED) is 0.742. The highest BCUT2D eigenvalue weighted by molar-refractivity contribution is 7.12. The normalized spacial score (nSPS) is 15.2. The lowest BCUT2D eigenvalue weighted by Gasteiger charge is -2.36. The number of benzene rings is 1. The van der Waals surface area contributed by atoms with Crippen molar-refractivity contribution < 1.29 is 27.5 Å². The van der Waals surface area contributed by atoms with Crippen LogP contribution in [0.2, 0.25) is 0 Å². The molecule has 1 saturated heterocycles. The van der Waals surface area contributed by atoms with Gasteiger partial charge in [-0.05, 0) is 29.6 Å². The second-order valence-corrected chi connectivity index (χ2v) is 7.43. The lowest BCUT2D eigenvalue weighted by atomic mass is 10.1. The molecule has 1 aliphatic heterocycles. The highest BCUT2D eigenvalue weighted by Gasteiger charge is 2.31. The number of thiophene rings is 1. The highest BCUT2D eigenvalue weighted by atomic mass is 32.1. The number of hydrogen-bond acceptors (Lipinski definition) is 6. The van der Waals surface area contributed by atoms with Crippen molar-refractivity contribution in [1.29, 1.82) is 0 Å². The summed E-state index contributed by atoms with van der Waals surface area (Å²) in [5.74, 6) is -0.772. The van der Waals surface area contributed by atoms with Crippen molar-refractivity contribution in [3.63, 3.8) is 0 Å². The van der Waals surface area contributed by atoms with Crippen LogP contribution in [-0.2, 0) is 15.7 Å². The van der Waals surface area contributed by atoms with Gasteiger partial charge in [0.25, 0.3) is 0 Å². The maximum absolute atomic E-state index is 12.9. The predicted octanol–water partition coefficient (Wildman–Crippen LogP) is 3.31. The predicted molar refractivity (Wildman–Crippen MR) is 104 cm³/mol. The molecule has 1 N–H and O–H groups in total. The summed E-state index contributed by atoms with van der Waals surface area (Å²) in [5, 5.41) is 4.40. The first-order valence-corrected chi connectivity index (χ1v) is 9.76. The van der Waals surface area contributed by atoms with E-state index in [-0.39, 0.29) is 12.5 Å². The van der Waals surface area contributed by atoms with Crippen LogP contribution in [0.3, 0.4) is 0 Å². The van der Waals surface area contributed by atoms with Gasteiger partial charge in [-0.2, -0.15) is 13.2 Å². The molecule has 0 bridgehead atoms. The van der Waals surface area contributed by atoms with Gasteiger partial charge in [-0.15, -0.1) is 11.3 Å². The largest absolute Gasteiger partial charge is 0.465 e. The standard InChI is InChI=1S/C19H20F3N3O3S/c1-28-18(27)17-15(5-10-29-17)23-16(26)12-24-6-8-25(9-7-24)14-4-2-3-13(11-14)19(20,21)22/h2-5,10-11H,6-9,12H2,1H3,(H,23,26). The highest BCUT2D eigenvalue weighted by Crippen LogP contribution is 2.32. The minimum absolute atomic E-state index is 0.132. The number of nitrogens with zero attached hydrogens (tertiary/aromatic N) is 2. The Morgan fingerprint density at radius 1 is 1.17 bits per heavy atom. The van der Waals surface area contributed by atoms with E-state index in [0.29, 0.717) is 42.4 Å².